The van der Waals surface area contributed by atoms with Crippen molar-refractivity contribution < 1.29 is 19.1 Å². The van der Waals surface area contributed by atoms with Crippen molar-refractivity contribution >= 4 is 22.6 Å². The van der Waals surface area contributed by atoms with Gasteiger partial charge in [-0.25, -0.2) is 4.98 Å². The third-order valence-electron chi connectivity index (χ3n) is 4.47. The predicted molar refractivity (Wildman–Crippen MR) is 94.3 cm³/mol. The van der Waals surface area contributed by atoms with E-state index in [-0.39, 0.29) is 18.4 Å². The van der Waals surface area contributed by atoms with E-state index in [4.69, 9.17) is 9.47 Å². The minimum Gasteiger partial charge on any atom is -0.493 e. The molecule has 0 N–H and O–H groups in total. The maximum atomic E-state index is 12.6. The maximum absolute atomic E-state index is 12.6. The van der Waals surface area contributed by atoms with Crippen molar-refractivity contribution in [3.8, 4) is 11.5 Å². The molecule has 4 rings (SSSR count). The first-order valence-electron chi connectivity index (χ1n) is 8.01. The summed E-state index contributed by atoms with van der Waals surface area (Å²) in [7, 11) is 3.12. The van der Waals surface area contributed by atoms with Gasteiger partial charge in [0.2, 0.25) is 0 Å². The molecule has 6 heteroatoms. The molecule has 129 valence electrons. The van der Waals surface area contributed by atoms with Crippen molar-refractivity contribution in [2.75, 3.05) is 14.2 Å². The molecule has 6 nitrogen and oxygen atoms in total. The van der Waals surface area contributed by atoms with Crippen LogP contribution in [0.1, 0.15) is 26.4 Å². The van der Waals surface area contributed by atoms with Crippen LogP contribution >= 0.6 is 0 Å². The van der Waals surface area contributed by atoms with Gasteiger partial charge in [-0.1, -0.05) is 12.1 Å². The standard InChI is InChI=1S/C20H15N2O4/c1-25-17-9-12-7-8-21-16(15(12)10-18(17)26-2)11-22-19(23)13-5-3-4-6-14(13)20(22)24/h3-7,9-10H,11H2,1-2H3. The second-order valence-corrected chi connectivity index (χ2v) is 5.87. The van der Waals surface area contributed by atoms with E-state index < -0.39 is 0 Å². The number of methoxy groups -OCH3 is 2. The Morgan fingerprint density at radius 1 is 1.00 bits per heavy atom. The zero-order chi connectivity index (χ0) is 18.3. The number of carbonyl (C=O) groups is 2. The molecular formula is C20H15N2O4. The summed E-state index contributed by atoms with van der Waals surface area (Å²) in [6.45, 7) is 0.0651. The van der Waals surface area contributed by atoms with Crippen LogP contribution in [-0.2, 0) is 6.54 Å². The van der Waals surface area contributed by atoms with Gasteiger partial charge in [-0.2, -0.15) is 0 Å². The summed E-state index contributed by atoms with van der Waals surface area (Å²) in [5, 5.41) is 1.61. The lowest BCUT2D eigenvalue weighted by molar-refractivity contribution is 0.0641. The summed E-state index contributed by atoms with van der Waals surface area (Å²) < 4.78 is 10.7. The number of amides is 2. The van der Waals surface area contributed by atoms with Gasteiger partial charge in [0.05, 0.1) is 43.8 Å². The molecule has 0 saturated carbocycles. The molecular weight excluding hydrogens is 332 g/mol. The van der Waals surface area contributed by atoms with Crippen molar-refractivity contribution in [1.29, 1.82) is 0 Å². The molecule has 3 aromatic rings. The fraction of sp³-hybridized carbons (Fsp3) is 0.150. The van der Waals surface area contributed by atoms with Crippen LogP contribution in [0.15, 0.2) is 42.5 Å². The van der Waals surface area contributed by atoms with Crippen LogP contribution in [-0.4, -0.2) is 35.9 Å². The van der Waals surface area contributed by atoms with Crippen LogP contribution in [0, 0.1) is 6.20 Å². The molecule has 0 spiro atoms. The first-order chi connectivity index (χ1) is 12.6. The predicted octanol–water partition coefficient (Wildman–Crippen LogP) is 2.85. The Labute approximate surface area is 150 Å². The van der Waals surface area contributed by atoms with E-state index in [0.717, 1.165) is 10.8 Å². The minimum absolute atomic E-state index is 0.0651. The number of carbonyl (C=O) groups excluding carboxylic acids is 2. The van der Waals surface area contributed by atoms with Crippen molar-refractivity contribution in [3.05, 3.63) is 65.5 Å². The zero-order valence-corrected chi connectivity index (χ0v) is 14.3. The molecule has 0 unspecified atom stereocenters. The van der Waals surface area contributed by atoms with Crippen LogP contribution < -0.4 is 9.47 Å². The second kappa shape index (κ2) is 6.15. The molecule has 2 amide bonds. The fourth-order valence-electron chi connectivity index (χ4n) is 3.16. The van der Waals surface area contributed by atoms with Gasteiger partial charge in [-0.3, -0.25) is 14.5 Å². The molecule has 0 saturated heterocycles. The third-order valence-corrected chi connectivity index (χ3v) is 4.47. The smallest absolute Gasteiger partial charge is 0.261 e. The maximum Gasteiger partial charge on any atom is 0.261 e. The van der Waals surface area contributed by atoms with Crippen LogP contribution in [0.25, 0.3) is 10.8 Å². The minimum atomic E-state index is -0.315. The number of rotatable bonds is 4. The number of hydrogen-bond donors (Lipinski definition) is 0. The summed E-state index contributed by atoms with van der Waals surface area (Å²) in [5.41, 5.74) is 1.40. The Morgan fingerprint density at radius 3 is 2.23 bits per heavy atom. The highest BCUT2D eigenvalue weighted by atomic mass is 16.5. The van der Waals surface area contributed by atoms with Gasteiger partial charge in [0, 0.05) is 5.39 Å². The molecule has 2 heterocycles. The highest BCUT2D eigenvalue weighted by molar-refractivity contribution is 6.21. The third kappa shape index (κ3) is 2.38. The van der Waals surface area contributed by atoms with Crippen molar-refractivity contribution in [2.45, 2.75) is 6.54 Å². The number of benzene rings is 2. The molecule has 1 aromatic heterocycles. The van der Waals surface area contributed by atoms with Crippen LogP contribution in [0.2, 0.25) is 0 Å². The van der Waals surface area contributed by atoms with Gasteiger partial charge in [0.15, 0.2) is 11.5 Å². The quantitative estimate of drug-likeness (QED) is 0.679. The molecule has 1 radical (unpaired) electrons. The Bertz CT molecular complexity index is 1010. The highest BCUT2D eigenvalue weighted by Gasteiger charge is 2.35. The lowest BCUT2D eigenvalue weighted by atomic mass is 10.1. The number of fused-ring (bicyclic) bond motifs is 2. The number of ether oxygens (including phenoxy) is 2. The molecule has 0 bridgehead atoms. The average Bonchev–Trinajstić information content (AvgIpc) is 2.92. The second-order valence-electron chi connectivity index (χ2n) is 5.87. The summed E-state index contributed by atoms with van der Waals surface area (Å²) >= 11 is 0. The van der Waals surface area contributed by atoms with Gasteiger partial charge in [-0.15, -0.1) is 0 Å². The lowest BCUT2D eigenvalue weighted by Crippen LogP contribution is -2.29. The first kappa shape index (κ1) is 16.1. The number of aromatic nitrogens is 1. The summed E-state index contributed by atoms with van der Waals surface area (Å²) in [5.74, 6) is 0.512. The van der Waals surface area contributed by atoms with E-state index in [2.05, 4.69) is 11.2 Å². The zero-order valence-electron chi connectivity index (χ0n) is 14.3. The molecule has 2 aromatic carbocycles. The number of imide groups is 1. The van der Waals surface area contributed by atoms with E-state index in [1.807, 2.05) is 6.07 Å². The number of pyridine rings is 1. The molecule has 0 aliphatic carbocycles. The van der Waals surface area contributed by atoms with Crippen molar-refractivity contribution in [2.24, 2.45) is 0 Å². The van der Waals surface area contributed by atoms with E-state index in [9.17, 15) is 9.59 Å². The number of nitrogens with zero attached hydrogens (tertiary/aromatic N) is 2. The van der Waals surface area contributed by atoms with Crippen molar-refractivity contribution in [1.82, 2.24) is 9.88 Å². The molecule has 0 fully saturated rings. The summed E-state index contributed by atoms with van der Waals surface area (Å²) in [4.78, 5) is 30.7. The monoisotopic (exact) mass is 347 g/mol. The SMILES string of the molecule is COc1cc2c[c]nc(CN3C(=O)c4ccccc4C3=O)c2cc1OC. The van der Waals surface area contributed by atoms with Crippen LogP contribution in [0.3, 0.4) is 0 Å². The molecule has 0 atom stereocenters. The van der Waals surface area contributed by atoms with Gasteiger partial charge >= 0.3 is 0 Å². The van der Waals surface area contributed by atoms with E-state index in [0.29, 0.717) is 28.3 Å². The normalized spacial score (nSPS) is 13.2. The highest BCUT2D eigenvalue weighted by Crippen LogP contribution is 2.34. The lowest BCUT2D eigenvalue weighted by Gasteiger charge is -2.16. The number of hydrogen-bond acceptors (Lipinski definition) is 5. The Hall–Kier alpha value is -3.41. The fourth-order valence-corrected chi connectivity index (χ4v) is 3.16. The topological polar surface area (TPSA) is 68.7 Å². The average molecular weight is 347 g/mol. The summed E-state index contributed by atoms with van der Waals surface area (Å²) in [6.07, 6.45) is 2.82. The van der Waals surface area contributed by atoms with Gasteiger partial charge in [0.25, 0.3) is 11.8 Å². The largest absolute Gasteiger partial charge is 0.493 e. The first-order valence-corrected chi connectivity index (χ1v) is 8.01. The van der Waals surface area contributed by atoms with E-state index in [1.165, 1.54) is 4.90 Å². The molecule has 1 aliphatic rings. The summed E-state index contributed by atoms with van der Waals surface area (Å²) in [6, 6.07) is 12.1. The Morgan fingerprint density at radius 2 is 1.62 bits per heavy atom. The Balaban J connectivity index is 1.77. The van der Waals surface area contributed by atoms with E-state index >= 15 is 0 Å². The van der Waals surface area contributed by atoms with E-state index in [1.54, 1.807) is 50.6 Å². The van der Waals surface area contributed by atoms with Gasteiger partial charge in [-0.05, 0) is 35.7 Å². The van der Waals surface area contributed by atoms with Crippen molar-refractivity contribution in [3.63, 3.8) is 0 Å². The Kier molecular flexibility index (Phi) is 3.80. The van der Waals surface area contributed by atoms with Gasteiger partial charge in [0.1, 0.15) is 0 Å². The van der Waals surface area contributed by atoms with Gasteiger partial charge < -0.3 is 9.47 Å². The molecule has 1 aliphatic heterocycles. The molecule has 26 heavy (non-hydrogen) atoms. The van der Waals surface area contributed by atoms with Crippen LogP contribution in [0.4, 0.5) is 0 Å². The van der Waals surface area contributed by atoms with Crippen LogP contribution in [0.5, 0.6) is 11.5 Å².